The lowest BCUT2D eigenvalue weighted by atomic mass is 10.2. The average Bonchev–Trinajstić information content (AvgIpc) is 2.30. The fraction of sp³-hybridized carbons (Fsp3) is 0.364. The molecule has 20 heavy (non-hydrogen) atoms. The number of halogens is 3. The third kappa shape index (κ3) is 4.49. The fourth-order valence-corrected chi connectivity index (χ4v) is 3.24. The molecule has 0 heterocycles. The number of rotatable bonds is 5. The summed E-state index contributed by atoms with van der Waals surface area (Å²) in [6.45, 7) is 2.05. The van der Waals surface area contributed by atoms with Crippen molar-refractivity contribution in [3.8, 4) is 0 Å². The molecule has 0 saturated carbocycles. The third-order valence-corrected chi connectivity index (χ3v) is 4.57. The van der Waals surface area contributed by atoms with Gasteiger partial charge in [-0.3, -0.25) is 4.79 Å². The first-order valence-corrected chi connectivity index (χ1v) is 8.47. The summed E-state index contributed by atoms with van der Waals surface area (Å²) in [5.74, 6) is -0.505. The lowest BCUT2D eigenvalue weighted by Crippen LogP contribution is -2.35. The number of hydrogen-bond acceptors (Lipinski definition) is 4. The van der Waals surface area contributed by atoms with E-state index in [0.29, 0.717) is 6.61 Å². The molecule has 0 aromatic heterocycles. The van der Waals surface area contributed by atoms with Gasteiger partial charge in [0.15, 0.2) is 0 Å². The molecular weight excluding hydrogens is 349 g/mol. The summed E-state index contributed by atoms with van der Waals surface area (Å²) in [5.41, 5.74) is 0.0431. The highest BCUT2D eigenvalue weighted by Crippen LogP contribution is 2.32. The van der Waals surface area contributed by atoms with Gasteiger partial charge in [0.05, 0.1) is 16.7 Å². The molecule has 0 aliphatic heterocycles. The summed E-state index contributed by atoms with van der Waals surface area (Å²) in [6.07, 6.45) is 0. The Morgan fingerprint density at radius 1 is 1.40 bits per heavy atom. The second kappa shape index (κ2) is 6.95. The van der Waals surface area contributed by atoms with Crippen LogP contribution in [0, 0.1) is 0 Å². The van der Waals surface area contributed by atoms with Crippen molar-refractivity contribution in [2.75, 3.05) is 13.7 Å². The predicted octanol–water partition coefficient (Wildman–Crippen LogP) is 2.69. The molecule has 1 atom stereocenters. The van der Waals surface area contributed by atoms with E-state index in [1.807, 2.05) is 0 Å². The van der Waals surface area contributed by atoms with Crippen LogP contribution < -0.4 is 5.32 Å². The van der Waals surface area contributed by atoms with Gasteiger partial charge in [-0.1, -0.05) is 23.2 Å². The van der Waals surface area contributed by atoms with E-state index in [1.165, 1.54) is 13.2 Å². The molecule has 0 spiro atoms. The standard InChI is InChI=1S/C11H12Cl3NO4S/c1-6(5-19-2)15-11(16)7-3-8(12)10(13)9(4-7)20(14,17)18/h3-4,6H,5H2,1-2H3,(H,15,16). The van der Waals surface area contributed by atoms with E-state index in [9.17, 15) is 13.2 Å². The summed E-state index contributed by atoms with van der Waals surface area (Å²) in [5, 5.41) is 2.33. The Kier molecular flexibility index (Phi) is 6.09. The van der Waals surface area contributed by atoms with Crippen LogP contribution in [0.1, 0.15) is 17.3 Å². The Balaban J connectivity index is 3.15. The number of benzene rings is 1. The normalized spacial score (nSPS) is 13.1. The molecule has 1 aromatic carbocycles. The van der Waals surface area contributed by atoms with Crippen molar-refractivity contribution in [2.45, 2.75) is 17.9 Å². The van der Waals surface area contributed by atoms with Crippen LogP contribution in [0.5, 0.6) is 0 Å². The van der Waals surface area contributed by atoms with Crippen molar-refractivity contribution < 1.29 is 17.9 Å². The largest absolute Gasteiger partial charge is 0.383 e. The van der Waals surface area contributed by atoms with Gasteiger partial charge in [0.1, 0.15) is 4.90 Å². The number of nitrogens with one attached hydrogen (secondary N) is 1. The molecule has 1 rings (SSSR count). The van der Waals surface area contributed by atoms with Crippen molar-refractivity contribution in [1.29, 1.82) is 0 Å². The van der Waals surface area contributed by atoms with Gasteiger partial charge in [0, 0.05) is 29.4 Å². The van der Waals surface area contributed by atoms with Crippen LogP contribution >= 0.6 is 33.9 Å². The first-order chi connectivity index (χ1) is 9.16. The predicted molar refractivity (Wildman–Crippen MR) is 78.3 cm³/mol. The first-order valence-electron chi connectivity index (χ1n) is 5.40. The molecule has 1 aromatic rings. The first kappa shape index (κ1) is 17.5. The molecule has 0 aliphatic carbocycles. The Labute approximate surface area is 131 Å². The summed E-state index contributed by atoms with van der Waals surface area (Å²) >= 11 is 11.6. The molecule has 5 nitrogen and oxygen atoms in total. The molecule has 1 N–H and O–H groups in total. The second-order valence-electron chi connectivity index (χ2n) is 4.04. The molecule has 112 valence electrons. The molecular formula is C11H12Cl3NO4S. The van der Waals surface area contributed by atoms with E-state index >= 15 is 0 Å². The SMILES string of the molecule is COCC(C)NC(=O)c1cc(Cl)c(Cl)c(S(=O)(=O)Cl)c1. The van der Waals surface area contributed by atoms with Crippen molar-refractivity contribution in [3.63, 3.8) is 0 Å². The molecule has 0 aliphatic rings. The number of amides is 1. The smallest absolute Gasteiger partial charge is 0.262 e. The maximum atomic E-state index is 12.0. The van der Waals surface area contributed by atoms with Gasteiger partial charge in [-0.2, -0.15) is 0 Å². The number of carbonyl (C=O) groups excluding carboxylic acids is 1. The van der Waals surface area contributed by atoms with Crippen molar-refractivity contribution in [1.82, 2.24) is 5.32 Å². The monoisotopic (exact) mass is 359 g/mol. The topological polar surface area (TPSA) is 72.5 Å². The zero-order valence-corrected chi connectivity index (χ0v) is 13.7. The average molecular weight is 361 g/mol. The highest BCUT2D eigenvalue weighted by Gasteiger charge is 2.21. The zero-order chi connectivity index (χ0) is 15.5. The Bertz CT molecular complexity index is 618. The summed E-state index contributed by atoms with van der Waals surface area (Å²) in [7, 11) is 2.65. The lowest BCUT2D eigenvalue weighted by Gasteiger charge is -2.13. The molecule has 1 amide bonds. The molecule has 1 unspecified atom stereocenters. The summed E-state index contributed by atoms with van der Waals surface area (Å²) in [4.78, 5) is 11.6. The molecule has 0 bridgehead atoms. The van der Waals surface area contributed by atoms with Gasteiger partial charge < -0.3 is 10.1 Å². The van der Waals surface area contributed by atoms with Crippen LogP contribution in [0.3, 0.4) is 0 Å². The Hall–Kier alpha value is -0.530. The zero-order valence-electron chi connectivity index (χ0n) is 10.6. The maximum absolute atomic E-state index is 12.0. The molecule has 0 saturated heterocycles. The number of carbonyl (C=O) groups is 1. The fourth-order valence-electron chi connectivity index (χ4n) is 1.47. The van der Waals surface area contributed by atoms with E-state index in [2.05, 4.69) is 5.32 Å². The maximum Gasteiger partial charge on any atom is 0.262 e. The third-order valence-electron chi connectivity index (χ3n) is 2.31. The van der Waals surface area contributed by atoms with Gasteiger partial charge in [-0.15, -0.1) is 0 Å². The molecule has 0 radical (unpaired) electrons. The van der Waals surface area contributed by atoms with E-state index in [4.69, 9.17) is 38.6 Å². The van der Waals surface area contributed by atoms with Crippen molar-refractivity contribution >= 4 is 48.8 Å². The van der Waals surface area contributed by atoms with Crippen LogP contribution in [0.4, 0.5) is 0 Å². The van der Waals surface area contributed by atoms with Gasteiger partial charge in [0.25, 0.3) is 15.0 Å². The van der Waals surface area contributed by atoms with Gasteiger partial charge in [0.2, 0.25) is 0 Å². The minimum Gasteiger partial charge on any atom is -0.383 e. The van der Waals surface area contributed by atoms with Crippen molar-refractivity contribution in [3.05, 3.63) is 27.7 Å². The summed E-state index contributed by atoms with van der Waals surface area (Å²) < 4.78 is 27.6. The Morgan fingerprint density at radius 3 is 2.50 bits per heavy atom. The van der Waals surface area contributed by atoms with Crippen molar-refractivity contribution in [2.24, 2.45) is 0 Å². The quantitative estimate of drug-likeness (QED) is 0.819. The Morgan fingerprint density at radius 2 is 2.00 bits per heavy atom. The van der Waals surface area contributed by atoms with E-state index in [0.717, 1.165) is 6.07 Å². The number of methoxy groups -OCH3 is 1. The summed E-state index contributed by atoms with van der Waals surface area (Å²) in [6, 6.07) is 2.09. The highest BCUT2D eigenvalue weighted by atomic mass is 35.7. The van der Waals surface area contributed by atoms with Crippen LogP contribution in [0.25, 0.3) is 0 Å². The minimum absolute atomic E-state index is 0.0431. The van der Waals surface area contributed by atoms with Crippen LogP contribution in [-0.2, 0) is 13.8 Å². The molecule has 9 heteroatoms. The lowest BCUT2D eigenvalue weighted by molar-refractivity contribution is 0.0905. The van der Waals surface area contributed by atoms with Gasteiger partial charge in [-0.05, 0) is 19.1 Å². The van der Waals surface area contributed by atoms with E-state index in [1.54, 1.807) is 6.92 Å². The number of hydrogen-bond donors (Lipinski definition) is 1. The van der Waals surface area contributed by atoms with E-state index in [-0.39, 0.29) is 21.7 Å². The molecule has 0 fully saturated rings. The van der Waals surface area contributed by atoms with Crippen LogP contribution in [0.2, 0.25) is 10.0 Å². The van der Waals surface area contributed by atoms with E-state index < -0.39 is 19.9 Å². The minimum atomic E-state index is -4.10. The van der Waals surface area contributed by atoms with Crippen LogP contribution in [-0.4, -0.2) is 34.1 Å². The van der Waals surface area contributed by atoms with Gasteiger partial charge >= 0.3 is 0 Å². The van der Waals surface area contributed by atoms with Gasteiger partial charge in [-0.25, -0.2) is 8.42 Å². The highest BCUT2D eigenvalue weighted by molar-refractivity contribution is 8.13. The second-order valence-corrected chi connectivity index (χ2v) is 7.36. The van der Waals surface area contributed by atoms with Crippen LogP contribution in [0.15, 0.2) is 17.0 Å². The number of ether oxygens (including phenoxy) is 1.